The summed E-state index contributed by atoms with van der Waals surface area (Å²) in [6.45, 7) is 7.17. The first-order valence-electron chi connectivity index (χ1n) is 7.69. The van der Waals surface area contributed by atoms with Gasteiger partial charge in [0.1, 0.15) is 0 Å². The standard InChI is InChI=1S/C15H28N2O2.ClH/c1-15(2)7-5-8-16-13(15)11-17-14(18)10-12-6-3-4-9-19-12;/h12-13,16H,3-11H2,1-2H3,(H,17,18);1H. The van der Waals surface area contributed by atoms with E-state index in [4.69, 9.17) is 4.74 Å². The predicted molar refractivity (Wildman–Crippen MR) is 83.3 cm³/mol. The Morgan fingerprint density at radius 1 is 1.35 bits per heavy atom. The van der Waals surface area contributed by atoms with Gasteiger partial charge in [-0.05, 0) is 44.1 Å². The molecule has 0 aromatic heterocycles. The molecule has 2 heterocycles. The van der Waals surface area contributed by atoms with Crippen molar-refractivity contribution in [3.63, 3.8) is 0 Å². The second-order valence-corrected chi connectivity index (χ2v) is 6.60. The molecule has 4 nitrogen and oxygen atoms in total. The molecule has 2 rings (SSSR count). The third kappa shape index (κ3) is 5.23. The van der Waals surface area contributed by atoms with Crippen LogP contribution in [-0.4, -0.2) is 37.7 Å². The molecule has 2 atom stereocenters. The van der Waals surface area contributed by atoms with Crippen LogP contribution < -0.4 is 10.6 Å². The number of amides is 1. The summed E-state index contributed by atoms with van der Waals surface area (Å²) >= 11 is 0. The molecule has 0 aromatic carbocycles. The van der Waals surface area contributed by atoms with Crippen molar-refractivity contribution in [3.05, 3.63) is 0 Å². The minimum atomic E-state index is 0. The molecule has 2 saturated heterocycles. The van der Waals surface area contributed by atoms with Gasteiger partial charge in [-0.3, -0.25) is 4.79 Å². The van der Waals surface area contributed by atoms with E-state index in [1.165, 1.54) is 19.3 Å². The molecule has 2 aliphatic rings. The predicted octanol–water partition coefficient (Wildman–Crippen LogP) is 2.26. The zero-order valence-electron chi connectivity index (χ0n) is 12.7. The third-order valence-corrected chi connectivity index (χ3v) is 4.52. The summed E-state index contributed by atoms with van der Waals surface area (Å²) in [4.78, 5) is 11.9. The highest BCUT2D eigenvalue weighted by Crippen LogP contribution is 2.29. The highest BCUT2D eigenvalue weighted by atomic mass is 35.5. The molecule has 20 heavy (non-hydrogen) atoms. The van der Waals surface area contributed by atoms with E-state index in [0.717, 1.165) is 32.5 Å². The SMILES string of the molecule is CC1(C)CCCNC1CNC(=O)CC1CCCCO1.Cl. The summed E-state index contributed by atoms with van der Waals surface area (Å²) in [5.74, 6) is 0.134. The Morgan fingerprint density at radius 2 is 2.15 bits per heavy atom. The number of carbonyl (C=O) groups is 1. The van der Waals surface area contributed by atoms with Crippen LogP contribution in [0.5, 0.6) is 0 Å². The van der Waals surface area contributed by atoms with E-state index in [9.17, 15) is 4.79 Å². The van der Waals surface area contributed by atoms with Crippen molar-refractivity contribution in [3.8, 4) is 0 Å². The summed E-state index contributed by atoms with van der Waals surface area (Å²) in [5.41, 5.74) is 0.271. The van der Waals surface area contributed by atoms with Crippen LogP contribution in [0, 0.1) is 5.41 Å². The lowest BCUT2D eigenvalue weighted by molar-refractivity contribution is -0.125. The fourth-order valence-corrected chi connectivity index (χ4v) is 3.08. The number of hydrogen-bond acceptors (Lipinski definition) is 3. The molecule has 118 valence electrons. The van der Waals surface area contributed by atoms with Crippen LogP contribution in [0.4, 0.5) is 0 Å². The number of halogens is 1. The molecule has 0 radical (unpaired) electrons. The maximum atomic E-state index is 11.9. The summed E-state index contributed by atoms with van der Waals surface area (Å²) < 4.78 is 5.60. The van der Waals surface area contributed by atoms with Crippen LogP contribution in [-0.2, 0) is 9.53 Å². The molecular weight excluding hydrogens is 276 g/mol. The second-order valence-electron chi connectivity index (χ2n) is 6.60. The molecule has 1 amide bonds. The van der Waals surface area contributed by atoms with Crippen molar-refractivity contribution in [2.75, 3.05) is 19.7 Å². The zero-order chi connectivity index (χ0) is 13.7. The first-order chi connectivity index (χ1) is 9.08. The molecule has 2 N–H and O–H groups in total. The van der Waals surface area contributed by atoms with Gasteiger partial charge < -0.3 is 15.4 Å². The lowest BCUT2D eigenvalue weighted by atomic mass is 9.77. The van der Waals surface area contributed by atoms with Gasteiger partial charge in [0.25, 0.3) is 0 Å². The Kier molecular flexibility index (Phi) is 7.27. The van der Waals surface area contributed by atoms with Crippen LogP contribution in [0.2, 0.25) is 0 Å². The summed E-state index contributed by atoms with van der Waals surface area (Å²) in [5, 5.41) is 6.60. The summed E-state index contributed by atoms with van der Waals surface area (Å²) in [6.07, 6.45) is 6.47. The molecule has 0 saturated carbocycles. The number of carbonyl (C=O) groups excluding carboxylic acids is 1. The largest absolute Gasteiger partial charge is 0.378 e. The van der Waals surface area contributed by atoms with E-state index >= 15 is 0 Å². The van der Waals surface area contributed by atoms with E-state index in [1.807, 2.05) is 0 Å². The van der Waals surface area contributed by atoms with Gasteiger partial charge in [0.05, 0.1) is 12.5 Å². The van der Waals surface area contributed by atoms with Crippen molar-refractivity contribution in [2.45, 2.75) is 64.5 Å². The van der Waals surface area contributed by atoms with E-state index in [2.05, 4.69) is 24.5 Å². The van der Waals surface area contributed by atoms with E-state index in [-0.39, 0.29) is 29.8 Å². The highest BCUT2D eigenvalue weighted by Gasteiger charge is 2.32. The van der Waals surface area contributed by atoms with Gasteiger partial charge in [-0.1, -0.05) is 13.8 Å². The van der Waals surface area contributed by atoms with Crippen LogP contribution in [0.1, 0.15) is 52.4 Å². The number of piperidine rings is 1. The van der Waals surface area contributed by atoms with Crippen molar-refractivity contribution in [2.24, 2.45) is 5.41 Å². The average molecular weight is 305 g/mol. The van der Waals surface area contributed by atoms with Crippen LogP contribution in [0.15, 0.2) is 0 Å². The number of hydrogen-bond donors (Lipinski definition) is 2. The molecule has 2 aliphatic heterocycles. The Bertz CT molecular complexity index is 304. The first-order valence-corrected chi connectivity index (χ1v) is 7.69. The Labute approximate surface area is 128 Å². The van der Waals surface area contributed by atoms with Gasteiger partial charge in [-0.25, -0.2) is 0 Å². The summed E-state index contributed by atoms with van der Waals surface area (Å²) in [7, 11) is 0. The topological polar surface area (TPSA) is 50.4 Å². The second kappa shape index (κ2) is 8.20. The van der Waals surface area contributed by atoms with Crippen molar-refractivity contribution in [1.29, 1.82) is 0 Å². The Hall–Kier alpha value is -0.320. The number of ether oxygens (including phenoxy) is 1. The summed E-state index contributed by atoms with van der Waals surface area (Å²) in [6, 6.07) is 0.387. The van der Waals surface area contributed by atoms with Crippen LogP contribution >= 0.6 is 12.4 Å². The molecule has 5 heteroatoms. The molecule has 0 aliphatic carbocycles. The van der Waals surface area contributed by atoms with Crippen molar-refractivity contribution >= 4 is 18.3 Å². The van der Waals surface area contributed by atoms with E-state index < -0.39 is 0 Å². The van der Waals surface area contributed by atoms with E-state index in [1.54, 1.807) is 0 Å². The Balaban J connectivity index is 0.00000200. The molecule has 2 unspecified atom stereocenters. The fraction of sp³-hybridized carbons (Fsp3) is 0.933. The molecule has 2 fully saturated rings. The molecule has 0 aromatic rings. The van der Waals surface area contributed by atoms with Gasteiger partial charge in [-0.2, -0.15) is 0 Å². The maximum absolute atomic E-state index is 11.9. The monoisotopic (exact) mass is 304 g/mol. The smallest absolute Gasteiger partial charge is 0.222 e. The van der Waals surface area contributed by atoms with Crippen molar-refractivity contribution < 1.29 is 9.53 Å². The molecular formula is C15H29ClN2O2. The van der Waals surface area contributed by atoms with Gasteiger partial charge in [-0.15, -0.1) is 12.4 Å². The quantitative estimate of drug-likeness (QED) is 0.837. The van der Waals surface area contributed by atoms with Crippen LogP contribution in [0.25, 0.3) is 0 Å². The molecule has 0 spiro atoms. The lowest BCUT2D eigenvalue weighted by Gasteiger charge is -2.39. The fourth-order valence-electron chi connectivity index (χ4n) is 3.08. The van der Waals surface area contributed by atoms with Gasteiger partial charge in [0, 0.05) is 19.2 Å². The maximum Gasteiger partial charge on any atom is 0.222 e. The first kappa shape index (κ1) is 17.7. The van der Waals surface area contributed by atoms with Crippen LogP contribution in [0.3, 0.4) is 0 Å². The molecule has 0 bridgehead atoms. The van der Waals surface area contributed by atoms with Gasteiger partial charge in [0.2, 0.25) is 5.91 Å². The minimum Gasteiger partial charge on any atom is -0.378 e. The van der Waals surface area contributed by atoms with Gasteiger partial charge in [0.15, 0.2) is 0 Å². The van der Waals surface area contributed by atoms with Crippen molar-refractivity contribution in [1.82, 2.24) is 10.6 Å². The van der Waals surface area contributed by atoms with E-state index in [0.29, 0.717) is 12.5 Å². The van der Waals surface area contributed by atoms with Gasteiger partial charge >= 0.3 is 0 Å². The third-order valence-electron chi connectivity index (χ3n) is 4.52. The lowest BCUT2D eigenvalue weighted by Crippen LogP contribution is -2.53. The normalized spacial score (nSPS) is 29.3. The zero-order valence-corrected chi connectivity index (χ0v) is 13.6. The minimum absolute atomic E-state index is 0. The average Bonchev–Trinajstić information content (AvgIpc) is 2.38. The Morgan fingerprint density at radius 3 is 2.80 bits per heavy atom. The number of rotatable bonds is 4. The highest BCUT2D eigenvalue weighted by molar-refractivity contribution is 5.85. The number of nitrogens with one attached hydrogen (secondary N) is 2.